The van der Waals surface area contributed by atoms with E-state index in [-0.39, 0.29) is 16.5 Å². The van der Waals surface area contributed by atoms with Crippen LogP contribution in [0.2, 0.25) is 0 Å². The fourth-order valence-corrected chi connectivity index (χ4v) is 3.94. The van der Waals surface area contributed by atoms with Crippen LogP contribution in [0.4, 0.5) is 5.69 Å². The van der Waals surface area contributed by atoms with Crippen LogP contribution in [-0.2, 0) is 14.8 Å². The van der Waals surface area contributed by atoms with E-state index in [0.717, 1.165) is 19.3 Å². The van der Waals surface area contributed by atoms with Gasteiger partial charge in [0.1, 0.15) is 4.90 Å². The van der Waals surface area contributed by atoms with Crippen molar-refractivity contribution >= 4 is 15.7 Å². The van der Waals surface area contributed by atoms with Gasteiger partial charge in [-0.25, -0.2) is 13.1 Å². The highest BCUT2D eigenvalue weighted by Gasteiger charge is 2.37. The Morgan fingerprint density at radius 2 is 1.95 bits per heavy atom. The van der Waals surface area contributed by atoms with Gasteiger partial charge in [-0.15, -0.1) is 0 Å². The van der Waals surface area contributed by atoms with Crippen molar-refractivity contribution in [2.24, 2.45) is 0 Å². The van der Waals surface area contributed by atoms with Crippen LogP contribution in [0.1, 0.15) is 33.1 Å². The number of ether oxygens (including phenoxy) is 1. The summed E-state index contributed by atoms with van der Waals surface area (Å²) in [6, 6.07) is 6.83. The maximum absolute atomic E-state index is 12.4. The highest BCUT2D eigenvalue weighted by atomic mass is 32.2. The number of para-hydroxylation sites is 1. The van der Waals surface area contributed by atoms with Crippen LogP contribution in [-0.4, -0.2) is 33.7 Å². The highest BCUT2D eigenvalue weighted by molar-refractivity contribution is 7.89. The molecule has 0 saturated heterocycles. The molecule has 6 heteroatoms. The number of rotatable bonds is 7. The molecule has 0 bridgehead atoms. The largest absolute Gasteiger partial charge is 0.381 e. The smallest absolute Gasteiger partial charge is 0.242 e. The van der Waals surface area contributed by atoms with Crippen LogP contribution in [0.25, 0.3) is 0 Å². The molecule has 1 aliphatic rings. The average molecular weight is 312 g/mol. The summed E-state index contributed by atoms with van der Waals surface area (Å²) in [5.74, 6) is 0. The van der Waals surface area contributed by atoms with Gasteiger partial charge in [0.25, 0.3) is 0 Å². The van der Waals surface area contributed by atoms with Crippen molar-refractivity contribution in [2.45, 2.75) is 49.6 Å². The molecular formula is C15H24N2O3S. The lowest BCUT2D eigenvalue weighted by atomic mass is 9.80. The summed E-state index contributed by atoms with van der Waals surface area (Å²) in [4.78, 5) is 0.282. The normalized spacial score (nSPS) is 17.5. The molecule has 1 fully saturated rings. The van der Waals surface area contributed by atoms with Crippen LogP contribution < -0.4 is 10.0 Å². The second kappa shape index (κ2) is 6.34. The number of hydrogen-bond acceptors (Lipinski definition) is 4. The molecule has 1 aliphatic carbocycles. The number of methoxy groups -OCH3 is 1. The molecule has 0 atom stereocenters. The van der Waals surface area contributed by atoms with E-state index >= 15 is 0 Å². The molecule has 1 saturated carbocycles. The summed E-state index contributed by atoms with van der Waals surface area (Å²) >= 11 is 0. The molecule has 2 rings (SSSR count). The van der Waals surface area contributed by atoms with Gasteiger partial charge in [0, 0.05) is 19.7 Å². The van der Waals surface area contributed by atoms with Crippen molar-refractivity contribution in [1.82, 2.24) is 4.72 Å². The summed E-state index contributed by atoms with van der Waals surface area (Å²) in [6.45, 7) is 4.24. The molecule has 0 amide bonds. The van der Waals surface area contributed by atoms with Crippen LogP contribution in [0.15, 0.2) is 29.2 Å². The predicted molar refractivity (Wildman–Crippen MR) is 84.0 cm³/mol. The zero-order chi connectivity index (χ0) is 15.5. The zero-order valence-corrected chi connectivity index (χ0v) is 13.7. The zero-order valence-electron chi connectivity index (χ0n) is 12.8. The molecule has 0 aliphatic heterocycles. The minimum atomic E-state index is -3.51. The molecule has 118 valence electrons. The maximum atomic E-state index is 12.4. The molecule has 1 aromatic rings. The van der Waals surface area contributed by atoms with Gasteiger partial charge in [0.15, 0.2) is 0 Å². The van der Waals surface area contributed by atoms with Crippen molar-refractivity contribution in [3.63, 3.8) is 0 Å². The first-order valence-corrected chi connectivity index (χ1v) is 8.77. The van der Waals surface area contributed by atoms with Gasteiger partial charge >= 0.3 is 0 Å². The van der Waals surface area contributed by atoms with E-state index in [1.807, 2.05) is 19.9 Å². The monoisotopic (exact) mass is 312 g/mol. The molecule has 2 N–H and O–H groups in total. The first-order chi connectivity index (χ1) is 9.88. The Hall–Kier alpha value is -1.11. The van der Waals surface area contributed by atoms with Gasteiger partial charge < -0.3 is 10.1 Å². The van der Waals surface area contributed by atoms with Crippen molar-refractivity contribution in [3.8, 4) is 0 Å². The first-order valence-electron chi connectivity index (χ1n) is 7.29. The first kappa shape index (κ1) is 16.3. The van der Waals surface area contributed by atoms with Gasteiger partial charge in [-0.1, -0.05) is 12.1 Å². The Kier molecular flexibility index (Phi) is 4.91. The minimum absolute atomic E-state index is 0.139. The molecular weight excluding hydrogens is 288 g/mol. The summed E-state index contributed by atoms with van der Waals surface area (Å²) < 4.78 is 32.9. The molecule has 0 spiro atoms. The van der Waals surface area contributed by atoms with Crippen molar-refractivity contribution < 1.29 is 13.2 Å². The Balaban J connectivity index is 2.17. The SMILES string of the molecule is COC1(CNc2ccccc2S(=O)(=O)NC(C)C)CCC1. The molecule has 0 unspecified atom stereocenters. The standard InChI is InChI=1S/C15H24N2O3S/c1-12(2)17-21(18,19)14-8-5-4-7-13(14)16-11-15(20-3)9-6-10-15/h4-5,7-8,12,16-17H,6,9-11H2,1-3H3. The second-order valence-corrected chi connectivity index (χ2v) is 7.55. The third-order valence-electron chi connectivity index (χ3n) is 3.87. The Morgan fingerprint density at radius 1 is 1.29 bits per heavy atom. The van der Waals surface area contributed by atoms with Gasteiger partial charge in [0.05, 0.1) is 11.3 Å². The van der Waals surface area contributed by atoms with Gasteiger partial charge in [0.2, 0.25) is 10.0 Å². The Morgan fingerprint density at radius 3 is 2.48 bits per heavy atom. The highest BCUT2D eigenvalue weighted by Crippen LogP contribution is 2.35. The van der Waals surface area contributed by atoms with Crippen LogP contribution in [0.5, 0.6) is 0 Å². The molecule has 0 aromatic heterocycles. The van der Waals surface area contributed by atoms with Crippen LogP contribution in [0.3, 0.4) is 0 Å². The van der Waals surface area contributed by atoms with E-state index < -0.39 is 10.0 Å². The van der Waals surface area contributed by atoms with E-state index in [0.29, 0.717) is 12.2 Å². The number of nitrogens with one attached hydrogen (secondary N) is 2. The average Bonchev–Trinajstić information content (AvgIpc) is 2.37. The molecule has 0 heterocycles. The summed E-state index contributed by atoms with van der Waals surface area (Å²) in [7, 11) is -1.79. The van der Waals surface area contributed by atoms with E-state index in [4.69, 9.17) is 4.74 Å². The molecule has 5 nitrogen and oxygen atoms in total. The maximum Gasteiger partial charge on any atom is 0.242 e. The van der Waals surface area contributed by atoms with Gasteiger partial charge in [-0.2, -0.15) is 0 Å². The fourth-order valence-electron chi connectivity index (χ4n) is 2.50. The van der Waals surface area contributed by atoms with Crippen LogP contribution in [0, 0.1) is 0 Å². The van der Waals surface area contributed by atoms with Gasteiger partial charge in [-0.3, -0.25) is 0 Å². The van der Waals surface area contributed by atoms with Crippen LogP contribution >= 0.6 is 0 Å². The number of benzene rings is 1. The lowest BCUT2D eigenvalue weighted by molar-refractivity contribution is -0.0601. The number of anilines is 1. The Labute approximate surface area is 127 Å². The lowest BCUT2D eigenvalue weighted by Gasteiger charge is -2.40. The molecule has 21 heavy (non-hydrogen) atoms. The third-order valence-corrected chi connectivity index (χ3v) is 5.58. The topological polar surface area (TPSA) is 67.4 Å². The number of sulfonamides is 1. The summed E-state index contributed by atoms with van der Waals surface area (Å²) in [6.07, 6.45) is 3.18. The van der Waals surface area contributed by atoms with E-state index in [9.17, 15) is 8.42 Å². The van der Waals surface area contributed by atoms with E-state index in [2.05, 4.69) is 10.0 Å². The fraction of sp³-hybridized carbons (Fsp3) is 0.600. The summed E-state index contributed by atoms with van der Waals surface area (Å²) in [5, 5.41) is 3.24. The lowest BCUT2D eigenvalue weighted by Crippen LogP contribution is -2.45. The third kappa shape index (κ3) is 3.75. The second-order valence-electron chi connectivity index (χ2n) is 5.87. The molecule has 1 aromatic carbocycles. The summed E-state index contributed by atoms with van der Waals surface area (Å²) in [5.41, 5.74) is 0.469. The number of hydrogen-bond donors (Lipinski definition) is 2. The minimum Gasteiger partial charge on any atom is -0.381 e. The predicted octanol–water partition coefficient (Wildman–Crippen LogP) is 2.35. The van der Waals surface area contributed by atoms with Crippen molar-refractivity contribution in [1.29, 1.82) is 0 Å². The van der Waals surface area contributed by atoms with E-state index in [1.165, 1.54) is 0 Å². The molecule has 0 radical (unpaired) electrons. The Bertz CT molecular complexity index is 575. The van der Waals surface area contributed by atoms with Gasteiger partial charge in [-0.05, 0) is 45.2 Å². The van der Waals surface area contributed by atoms with E-state index in [1.54, 1.807) is 25.3 Å². The van der Waals surface area contributed by atoms with Crippen molar-refractivity contribution in [2.75, 3.05) is 19.0 Å². The quantitative estimate of drug-likeness (QED) is 0.811. The van der Waals surface area contributed by atoms with Crippen molar-refractivity contribution in [3.05, 3.63) is 24.3 Å².